The number of anilines is 1. The number of benzene rings is 3. The Kier molecular flexibility index (Phi) is 7.70. The first-order valence-corrected chi connectivity index (χ1v) is 12.2. The first-order chi connectivity index (χ1) is 15.3. The molecule has 0 saturated carbocycles. The van der Waals surface area contributed by atoms with E-state index < -0.39 is 22.5 Å². The van der Waals surface area contributed by atoms with Crippen LogP contribution in [0.5, 0.6) is 5.75 Å². The van der Waals surface area contributed by atoms with Gasteiger partial charge in [-0.25, -0.2) is 8.42 Å². The standard InChI is InChI=1S/C26H29NO4S/c1-4-5-11-22-15-17-23(18-16-22)27(32(29,30)24-12-7-6-8-13-24)26(28)19-31-25-14-9-10-20(2)21(25)3/h6-10,12-18H,4-5,11,19H2,1-3H3. The number of sulfonamides is 1. The number of carbonyl (C=O) groups is 1. The molecule has 0 aliphatic rings. The zero-order valence-electron chi connectivity index (χ0n) is 18.7. The quantitative estimate of drug-likeness (QED) is 0.434. The van der Waals surface area contributed by atoms with Crippen molar-refractivity contribution in [2.75, 3.05) is 10.9 Å². The number of rotatable bonds is 9. The molecule has 0 atom stereocenters. The molecule has 0 aliphatic heterocycles. The van der Waals surface area contributed by atoms with Gasteiger partial charge in [-0.1, -0.05) is 55.8 Å². The average molecular weight is 452 g/mol. The number of amides is 1. The largest absolute Gasteiger partial charge is 0.483 e. The van der Waals surface area contributed by atoms with Crippen LogP contribution in [-0.2, 0) is 21.2 Å². The third-order valence-corrected chi connectivity index (χ3v) is 7.17. The van der Waals surface area contributed by atoms with Gasteiger partial charge in [0.25, 0.3) is 15.9 Å². The molecule has 0 N–H and O–H groups in total. The maximum atomic E-state index is 13.4. The summed E-state index contributed by atoms with van der Waals surface area (Å²) in [4.78, 5) is 13.3. The second-order valence-corrected chi connectivity index (χ2v) is 9.52. The SMILES string of the molecule is CCCCc1ccc(N(C(=O)COc2cccc(C)c2C)S(=O)(=O)c2ccccc2)cc1. The maximum absolute atomic E-state index is 13.4. The average Bonchev–Trinajstić information content (AvgIpc) is 2.80. The minimum atomic E-state index is -4.10. The number of nitrogens with zero attached hydrogens (tertiary/aromatic N) is 1. The van der Waals surface area contributed by atoms with Crippen LogP contribution in [0.25, 0.3) is 0 Å². The zero-order chi connectivity index (χ0) is 23.1. The van der Waals surface area contributed by atoms with E-state index in [0.717, 1.165) is 40.3 Å². The lowest BCUT2D eigenvalue weighted by atomic mass is 10.1. The molecule has 3 rings (SSSR count). The van der Waals surface area contributed by atoms with E-state index in [9.17, 15) is 13.2 Å². The van der Waals surface area contributed by atoms with Crippen molar-refractivity contribution in [3.8, 4) is 5.75 Å². The molecule has 3 aromatic carbocycles. The van der Waals surface area contributed by atoms with Crippen molar-refractivity contribution in [3.63, 3.8) is 0 Å². The fourth-order valence-electron chi connectivity index (χ4n) is 3.37. The second kappa shape index (κ2) is 10.5. The zero-order valence-corrected chi connectivity index (χ0v) is 19.6. The Morgan fingerprint density at radius 1 is 0.906 bits per heavy atom. The van der Waals surface area contributed by atoms with E-state index in [1.807, 2.05) is 38.1 Å². The summed E-state index contributed by atoms with van der Waals surface area (Å²) in [5.74, 6) is -0.0959. The number of hydrogen-bond acceptors (Lipinski definition) is 4. The van der Waals surface area contributed by atoms with E-state index in [4.69, 9.17) is 4.74 Å². The molecule has 0 spiro atoms. The van der Waals surface area contributed by atoms with Crippen LogP contribution in [0.4, 0.5) is 5.69 Å². The lowest BCUT2D eigenvalue weighted by Gasteiger charge is -2.23. The molecule has 0 aromatic heterocycles. The molecule has 5 nitrogen and oxygen atoms in total. The fraction of sp³-hybridized carbons (Fsp3) is 0.269. The van der Waals surface area contributed by atoms with Crippen molar-refractivity contribution in [1.82, 2.24) is 0 Å². The van der Waals surface area contributed by atoms with Gasteiger partial charge in [0, 0.05) is 0 Å². The smallest absolute Gasteiger partial charge is 0.278 e. The Balaban J connectivity index is 1.93. The van der Waals surface area contributed by atoms with Crippen LogP contribution in [0.3, 0.4) is 0 Å². The fourth-order valence-corrected chi connectivity index (χ4v) is 4.80. The van der Waals surface area contributed by atoms with Crippen molar-refractivity contribution < 1.29 is 17.9 Å². The molecule has 1 amide bonds. The van der Waals surface area contributed by atoms with Gasteiger partial charge in [0.05, 0.1) is 10.6 Å². The van der Waals surface area contributed by atoms with Gasteiger partial charge < -0.3 is 4.74 Å². The Labute approximate surface area is 190 Å². The van der Waals surface area contributed by atoms with Crippen molar-refractivity contribution in [3.05, 3.63) is 89.5 Å². The third-order valence-electron chi connectivity index (χ3n) is 5.40. The van der Waals surface area contributed by atoms with Gasteiger partial charge in [0.2, 0.25) is 0 Å². The van der Waals surface area contributed by atoms with Crippen LogP contribution < -0.4 is 9.04 Å². The molecule has 6 heteroatoms. The van der Waals surface area contributed by atoms with E-state index in [0.29, 0.717) is 11.4 Å². The summed E-state index contributed by atoms with van der Waals surface area (Å²) in [6.45, 7) is 5.59. The third kappa shape index (κ3) is 5.37. The summed E-state index contributed by atoms with van der Waals surface area (Å²) in [7, 11) is -4.10. The molecule has 0 heterocycles. The summed E-state index contributed by atoms with van der Waals surface area (Å²) in [5, 5.41) is 0. The van der Waals surface area contributed by atoms with Crippen LogP contribution in [0.15, 0.2) is 77.7 Å². The Morgan fingerprint density at radius 2 is 1.59 bits per heavy atom. The highest BCUT2D eigenvalue weighted by molar-refractivity contribution is 7.93. The molecular formula is C26H29NO4S. The van der Waals surface area contributed by atoms with Gasteiger partial charge in [0.15, 0.2) is 6.61 Å². The highest BCUT2D eigenvalue weighted by Gasteiger charge is 2.31. The van der Waals surface area contributed by atoms with Gasteiger partial charge in [-0.05, 0) is 73.7 Å². The molecule has 3 aromatic rings. The molecule has 0 saturated heterocycles. The summed E-state index contributed by atoms with van der Waals surface area (Å²) in [6.07, 6.45) is 3.03. The molecule has 0 fully saturated rings. The predicted molar refractivity (Wildman–Crippen MR) is 128 cm³/mol. The lowest BCUT2D eigenvalue weighted by Crippen LogP contribution is -2.40. The summed E-state index contributed by atoms with van der Waals surface area (Å²) in [6, 6.07) is 20.6. The van der Waals surface area contributed by atoms with Crippen LogP contribution in [0.2, 0.25) is 0 Å². The van der Waals surface area contributed by atoms with Crippen molar-refractivity contribution in [1.29, 1.82) is 0 Å². The summed E-state index contributed by atoms with van der Waals surface area (Å²) in [5.41, 5.74) is 3.35. The topological polar surface area (TPSA) is 63.7 Å². The van der Waals surface area contributed by atoms with Crippen LogP contribution >= 0.6 is 0 Å². The van der Waals surface area contributed by atoms with Crippen LogP contribution in [-0.4, -0.2) is 20.9 Å². The van der Waals surface area contributed by atoms with Crippen molar-refractivity contribution in [2.24, 2.45) is 0 Å². The molecule has 0 radical (unpaired) electrons. The van der Waals surface area contributed by atoms with E-state index >= 15 is 0 Å². The monoisotopic (exact) mass is 451 g/mol. The first kappa shape index (κ1) is 23.5. The van der Waals surface area contributed by atoms with Crippen molar-refractivity contribution in [2.45, 2.75) is 44.9 Å². The highest BCUT2D eigenvalue weighted by Crippen LogP contribution is 2.26. The van der Waals surface area contributed by atoms with Gasteiger partial charge in [-0.3, -0.25) is 4.79 Å². The Hall–Kier alpha value is -3.12. The molecule has 0 bridgehead atoms. The Morgan fingerprint density at radius 3 is 2.25 bits per heavy atom. The maximum Gasteiger partial charge on any atom is 0.278 e. The molecule has 32 heavy (non-hydrogen) atoms. The van der Waals surface area contributed by atoms with Crippen LogP contribution in [0.1, 0.15) is 36.5 Å². The first-order valence-electron chi connectivity index (χ1n) is 10.8. The number of unbranched alkanes of at least 4 members (excludes halogenated alkanes) is 1. The number of hydrogen-bond donors (Lipinski definition) is 0. The minimum absolute atomic E-state index is 0.0511. The van der Waals surface area contributed by atoms with E-state index in [1.165, 1.54) is 12.1 Å². The van der Waals surface area contributed by atoms with Gasteiger partial charge in [0.1, 0.15) is 5.75 Å². The number of aryl methyl sites for hydroxylation is 2. The molecule has 0 aliphatic carbocycles. The van der Waals surface area contributed by atoms with Gasteiger partial charge in [-0.2, -0.15) is 4.31 Å². The second-order valence-electron chi connectivity index (χ2n) is 7.73. The van der Waals surface area contributed by atoms with Gasteiger partial charge >= 0.3 is 0 Å². The molecule has 0 unspecified atom stereocenters. The molecule has 168 valence electrons. The van der Waals surface area contributed by atoms with E-state index in [1.54, 1.807) is 36.4 Å². The normalized spacial score (nSPS) is 11.2. The Bertz CT molecular complexity index is 1160. The van der Waals surface area contributed by atoms with Crippen LogP contribution in [0, 0.1) is 13.8 Å². The van der Waals surface area contributed by atoms with Crippen molar-refractivity contribution >= 4 is 21.6 Å². The lowest BCUT2D eigenvalue weighted by molar-refractivity contribution is -0.119. The number of carbonyl (C=O) groups excluding carboxylic acids is 1. The predicted octanol–water partition coefficient (Wildman–Crippen LogP) is 5.45. The van der Waals surface area contributed by atoms with E-state index in [2.05, 4.69) is 6.92 Å². The van der Waals surface area contributed by atoms with E-state index in [-0.39, 0.29) is 4.90 Å². The molecular weight excluding hydrogens is 422 g/mol. The minimum Gasteiger partial charge on any atom is -0.483 e. The summed E-state index contributed by atoms with van der Waals surface area (Å²) < 4.78 is 33.4. The number of ether oxygens (including phenoxy) is 1. The van der Waals surface area contributed by atoms with Gasteiger partial charge in [-0.15, -0.1) is 0 Å². The highest BCUT2D eigenvalue weighted by atomic mass is 32.2. The summed E-state index contributed by atoms with van der Waals surface area (Å²) >= 11 is 0.